The first-order chi connectivity index (χ1) is 14.9. The zero-order valence-corrected chi connectivity index (χ0v) is 18.1. The van der Waals surface area contributed by atoms with Gasteiger partial charge < -0.3 is 14.8 Å². The van der Waals surface area contributed by atoms with E-state index in [1.807, 2.05) is 24.3 Å². The predicted octanol–water partition coefficient (Wildman–Crippen LogP) is 3.89. The maximum Gasteiger partial charge on any atom is 0.326 e. The summed E-state index contributed by atoms with van der Waals surface area (Å²) in [7, 11) is 0. The van der Waals surface area contributed by atoms with Gasteiger partial charge in [-0.25, -0.2) is 0 Å². The molecule has 2 atom stereocenters. The molecule has 0 aromatic heterocycles. The Balaban J connectivity index is 1.65. The summed E-state index contributed by atoms with van der Waals surface area (Å²) in [6.45, 7) is 5.64. The van der Waals surface area contributed by atoms with E-state index in [0.717, 1.165) is 12.0 Å². The summed E-state index contributed by atoms with van der Waals surface area (Å²) < 4.78 is 10.9. The average molecular weight is 424 g/mol. The standard InChI is InChI=1S/C24H28N2O5/c1-4-16(2)18-9-5-6-10-19(18)25-24(29)17(3)31-23(28)15-26-20-11-7-8-12-21(20)30-14-13-22(26)27/h5-12,16-17H,4,13-15H2,1-3H3,(H,25,29)/t16-,17-/m1/s1. The summed E-state index contributed by atoms with van der Waals surface area (Å²) >= 11 is 0. The molecule has 1 N–H and O–H groups in total. The molecule has 3 rings (SSSR count). The van der Waals surface area contributed by atoms with Crippen molar-refractivity contribution in [2.75, 3.05) is 23.4 Å². The number of hydrogen-bond donors (Lipinski definition) is 1. The van der Waals surface area contributed by atoms with Crippen molar-refractivity contribution < 1.29 is 23.9 Å². The molecule has 1 aliphatic rings. The molecule has 7 heteroatoms. The summed E-state index contributed by atoms with van der Waals surface area (Å²) in [5.41, 5.74) is 2.25. The van der Waals surface area contributed by atoms with Crippen LogP contribution in [0.5, 0.6) is 5.75 Å². The molecule has 7 nitrogen and oxygen atoms in total. The molecule has 0 spiro atoms. The number of benzene rings is 2. The highest BCUT2D eigenvalue weighted by Crippen LogP contribution is 2.31. The quantitative estimate of drug-likeness (QED) is 0.682. The number of nitrogens with one attached hydrogen (secondary N) is 1. The second-order valence-electron chi connectivity index (χ2n) is 7.56. The van der Waals surface area contributed by atoms with E-state index in [-0.39, 0.29) is 31.4 Å². The molecular weight excluding hydrogens is 396 g/mol. The van der Waals surface area contributed by atoms with Crippen LogP contribution in [0, 0.1) is 0 Å². The van der Waals surface area contributed by atoms with Gasteiger partial charge in [-0.05, 0) is 43.0 Å². The Hall–Kier alpha value is -3.35. The zero-order chi connectivity index (χ0) is 22.4. The van der Waals surface area contributed by atoms with Gasteiger partial charge in [-0.3, -0.25) is 19.3 Å². The van der Waals surface area contributed by atoms with E-state index in [1.54, 1.807) is 24.3 Å². The summed E-state index contributed by atoms with van der Waals surface area (Å²) in [6.07, 6.45) is 0.0858. The van der Waals surface area contributed by atoms with E-state index in [1.165, 1.54) is 11.8 Å². The van der Waals surface area contributed by atoms with Gasteiger partial charge in [0.1, 0.15) is 12.3 Å². The number of carbonyl (C=O) groups excluding carboxylic acids is 3. The van der Waals surface area contributed by atoms with E-state index < -0.39 is 18.0 Å². The minimum Gasteiger partial charge on any atom is -0.491 e. The third kappa shape index (κ3) is 5.42. The Morgan fingerprint density at radius 3 is 2.61 bits per heavy atom. The van der Waals surface area contributed by atoms with E-state index in [2.05, 4.69) is 19.2 Å². The predicted molar refractivity (Wildman–Crippen MR) is 118 cm³/mol. The topological polar surface area (TPSA) is 84.9 Å². The van der Waals surface area contributed by atoms with Crippen LogP contribution in [-0.4, -0.2) is 37.0 Å². The van der Waals surface area contributed by atoms with Crippen LogP contribution in [0.3, 0.4) is 0 Å². The largest absolute Gasteiger partial charge is 0.491 e. The van der Waals surface area contributed by atoms with Gasteiger partial charge in [0.2, 0.25) is 5.91 Å². The van der Waals surface area contributed by atoms with E-state index in [9.17, 15) is 14.4 Å². The number of hydrogen-bond acceptors (Lipinski definition) is 5. The molecule has 1 aliphatic heterocycles. The summed E-state index contributed by atoms with van der Waals surface area (Å²) in [4.78, 5) is 39.0. The molecule has 0 saturated carbocycles. The van der Waals surface area contributed by atoms with Gasteiger partial charge in [0.15, 0.2) is 6.10 Å². The lowest BCUT2D eigenvalue weighted by Gasteiger charge is -2.22. The number of esters is 1. The summed E-state index contributed by atoms with van der Waals surface area (Å²) in [5, 5.41) is 2.85. The third-order valence-electron chi connectivity index (χ3n) is 5.36. The molecule has 0 aliphatic carbocycles. The second kappa shape index (κ2) is 10.1. The maximum atomic E-state index is 12.6. The van der Waals surface area contributed by atoms with Gasteiger partial charge in [0.25, 0.3) is 5.91 Å². The molecular formula is C24H28N2O5. The Morgan fingerprint density at radius 2 is 1.84 bits per heavy atom. The number of fused-ring (bicyclic) bond motifs is 1. The van der Waals surface area contributed by atoms with Crippen LogP contribution >= 0.6 is 0 Å². The first-order valence-electron chi connectivity index (χ1n) is 10.5. The number of para-hydroxylation sites is 3. The van der Waals surface area contributed by atoms with E-state index in [4.69, 9.17) is 9.47 Å². The van der Waals surface area contributed by atoms with Crippen LogP contribution in [0.25, 0.3) is 0 Å². The zero-order valence-electron chi connectivity index (χ0n) is 18.1. The molecule has 2 amide bonds. The summed E-state index contributed by atoms with van der Waals surface area (Å²) in [6, 6.07) is 14.6. The van der Waals surface area contributed by atoms with Crippen molar-refractivity contribution in [2.45, 2.75) is 45.6 Å². The first-order valence-corrected chi connectivity index (χ1v) is 10.5. The monoisotopic (exact) mass is 424 g/mol. The molecule has 2 aromatic carbocycles. The number of carbonyl (C=O) groups is 3. The fourth-order valence-electron chi connectivity index (χ4n) is 3.41. The number of rotatable bonds is 7. The lowest BCUT2D eigenvalue weighted by atomic mass is 9.97. The highest BCUT2D eigenvalue weighted by molar-refractivity contribution is 6.00. The van der Waals surface area contributed by atoms with Crippen molar-refractivity contribution in [3.05, 3.63) is 54.1 Å². The number of amides is 2. The third-order valence-corrected chi connectivity index (χ3v) is 5.36. The van der Waals surface area contributed by atoms with Crippen LogP contribution in [0.4, 0.5) is 11.4 Å². The Morgan fingerprint density at radius 1 is 1.13 bits per heavy atom. The van der Waals surface area contributed by atoms with E-state index in [0.29, 0.717) is 17.1 Å². The van der Waals surface area contributed by atoms with Crippen molar-refractivity contribution >= 4 is 29.2 Å². The van der Waals surface area contributed by atoms with Crippen molar-refractivity contribution in [2.24, 2.45) is 0 Å². The molecule has 164 valence electrons. The van der Waals surface area contributed by atoms with Gasteiger partial charge in [-0.2, -0.15) is 0 Å². The van der Waals surface area contributed by atoms with Gasteiger partial charge >= 0.3 is 5.97 Å². The molecule has 0 fully saturated rings. The van der Waals surface area contributed by atoms with Crippen LogP contribution in [-0.2, 0) is 19.1 Å². The molecule has 2 aromatic rings. The lowest BCUT2D eigenvalue weighted by Crippen LogP contribution is -2.39. The van der Waals surface area contributed by atoms with Crippen LogP contribution in [0.1, 0.15) is 45.1 Å². The first kappa shape index (κ1) is 22.3. The van der Waals surface area contributed by atoms with Crippen molar-refractivity contribution in [3.63, 3.8) is 0 Å². The Bertz CT molecular complexity index is 958. The minimum atomic E-state index is -1.01. The fraction of sp³-hybridized carbons (Fsp3) is 0.375. The van der Waals surface area contributed by atoms with Gasteiger partial charge in [-0.1, -0.05) is 44.2 Å². The normalized spacial score (nSPS) is 15.2. The Kier molecular flexibility index (Phi) is 7.28. The smallest absolute Gasteiger partial charge is 0.326 e. The van der Waals surface area contributed by atoms with E-state index >= 15 is 0 Å². The number of anilines is 2. The Labute approximate surface area is 182 Å². The van der Waals surface area contributed by atoms with Crippen molar-refractivity contribution in [1.29, 1.82) is 0 Å². The van der Waals surface area contributed by atoms with Gasteiger partial charge in [0, 0.05) is 5.69 Å². The van der Waals surface area contributed by atoms with Gasteiger partial charge in [0.05, 0.1) is 18.7 Å². The number of nitrogens with zero attached hydrogens (tertiary/aromatic N) is 1. The molecule has 31 heavy (non-hydrogen) atoms. The highest BCUT2D eigenvalue weighted by Gasteiger charge is 2.27. The van der Waals surface area contributed by atoms with Crippen molar-refractivity contribution in [3.8, 4) is 5.75 Å². The minimum absolute atomic E-state index is 0.157. The molecule has 0 unspecified atom stereocenters. The maximum absolute atomic E-state index is 12.6. The van der Waals surface area contributed by atoms with Crippen LogP contribution in [0.15, 0.2) is 48.5 Å². The summed E-state index contributed by atoms with van der Waals surface area (Å²) in [5.74, 6) is -0.501. The molecule has 0 radical (unpaired) electrons. The second-order valence-corrected chi connectivity index (χ2v) is 7.56. The van der Waals surface area contributed by atoms with Crippen LogP contribution < -0.4 is 15.0 Å². The molecule has 0 saturated heterocycles. The molecule has 0 bridgehead atoms. The van der Waals surface area contributed by atoms with Crippen molar-refractivity contribution in [1.82, 2.24) is 0 Å². The fourth-order valence-corrected chi connectivity index (χ4v) is 3.41. The SMILES string of the molecule is CC[C@@H](C)c1ccccc1NC(=O)[C@@H](C)OC(=O)CN1C(=O)CCOc2ccccc21. The number of ether oxygens (including phenoxy) is 2. The van der Waals surface area contributed by atoms with Gasteiger partial charge in [-0.15, -0.1) is 0 Å². The van der Waals surface area contributed by atoms with Crippen LogP contribution in [0.2, 0.25) is 0 Å². The molecule has 1 heterocycles. The average Bonchev–Trinajstić information content (AvgIpc) is 2.92. The highest BCUT2D eigenvalue weighted by atomic mass is 16.5. The lowest BCUT2D eigenvalue weighted by molar-refractivity contribution is -0.152.